The number of halogens is 1. The van der Waals surface area contributed by atoms with E-state index in [2.05, 4.69) is 15.9 Å². The van der Waals surface area contributed by atoms with Crippen LogP contribution < -0.4 is 0 Å². The van der Waals surface area contributed by atoms with E-state index in [4.69, 9.17) is 16.6 Å². The molecule has 3 heteroatoms. The second kappa shape index (κ2) is 5.73. The molecule has 0 saturated carbocycles. The molecule has 3 aromatic rings. The van der Waals surface area contributed by atoms with E-state index >= 15 is 0 Å². The number of hydrogen-bond donors (Lipinski definition) is 0. The largest absolute Gasteiger partial charge is 0.456 e. The quantitative estimate of drug-likeness (QED) is 0.521. The summed E-state index contributed by atoms with van der Waals surface area (Å²) in [4.78, 5) is 0. The summed E-state index contributed by atoms with van der Waals surface area (Å²) in [7, 11) is 0. The Morgan fingerprint density at radius 1 is 0.750 bits per heavy atom. The third-order valence-electron chi connectivity index (χ3n) is 2.95. The van der Waals surface area contributed by atoms with Crippen molar-refractivity contribution in [3.8, 4) is 22.6 Å². The Morgan fingerprint density at radius 2 is 1.30 bits per heavy atom. The normalized spacial score (nSPS) is 10.4. The lowest BCUT2D eigenvalue weighted by Gasteiger charge is -2.05. The molecule has 0 aliphatic heterocycles. The van der Waals surface area contributed by atoms with Crippen LogP contribution in [0.2, 0.25) is 0 Å². The molecule has 20 heavy (non-hydrogen) atoms. The summed E-state index contributed by atoms with van der Waals surface area (Å²) < 4.78 is 7.80. The van der Waals surface area contributed by atoms with Gasteiger partial charge in [0.2, 0.25) is 0 Å². The molecule has 3 rings (SSSR count). The van der Waals surface area contributed by atoms with Gasteiger partial charge in [0, 0.05) is 20.1 Å². The van der Waals surface area contributed by atoms with Gasteiger partial charge in [-0.1, -0.05) is 70.6 Å². The molecule has 1 heterocycles. The maximum Gasteiger partial charge on any atom is 0.136 e. The zero-order chi connectivity index (χ0) is 13.9. The summed E-state index contributed by atoms with van der Waals surface area (Å²) in [6.07, 6.45) is 0. The first-order chi connectivity index (χ1) is 9.72. The first-order valence-corrected chi connectivity index (χ1v) is 7.39. The van der Waals surface area contributed by atoms with Crippen LogP contribution in [-0.4, -0.2) is 0 Å². The van der Waals surface area contributed by atoms with E-state index < -0.39 is 0 Å². The summed E-state index contributed by atoms with van der Waals surface area (Å²) >= 11 is 8.78. The lowest BCUT2D eigenvalue weighted by molar-refractivity contribution is 0.581. The van der Waals surface area contributed by atoms with Gasteiger partial charge in [0.05, 0.1) is 0 Å². The van der Waals surface area contributed by atoms with Crippen molar-refractivity contribution in [2.24, 2.45) is 0 Å². The molecule has 0 fully saturated rings. The fourth-order valence-corrected chi connectivity index (χ4v) is 2.46. The fraction of sp³-hybridized carbons (Fsp3) is 0. The van der Waals surface area contributed by atoms with Crippen molar-refractivity contribution in [2.75, 3.05) is 0 Å². The molecule has 0 unspecified atom stereocenters. The summed E-state index contributed by atoms with van der Waals surface area (Å²) in [5, 5.41) is 0. The zero-order valence-corrected chi connectivity index (χ0v) is 12.9. The van der Waals surface area contributed by atoms with E-state index in [0.717, 1.165) is 31.6 Å². The van der Waals surface area contributed by atoms with E-state index in [1.807, 2.05) is 66.7 Å². The van der Waals surface area contributed by atoms with Crippen molar-refractivity contribution < 1.29 is 4.42 Å². The van der Waals surface area contributed by atoms with E-state index in [9.17, 15) is 0 Å². The number of rotatable bonds is 2. The molecular formula is C17H11BrOS. The van der Waals surface area contributed by atoms with Gasteiger partial charge in [-0.3, -0.25) is 0 Å². The predicted molar refractivity (Wildman–Crippen MR) is 88.1 cm³/mol. The minimum atomic E-state index is 0.771. The average Bonchev–Trinajstić information content (AvgIpc) is 2.48. The lowest BCUT2D eigenvalue weighted by atomic mass is 10.1. The molecule has 0 amide bonds. The second-order valence-corrected chi connectivity index (χ2v) is 5.78. The van der Waals surface area contributed by atoms with E-state index in [0.29, 0.717) is 0 Å². The van der Waals surface area contributed by atoms with E-state index in [-0.39, 0.29) is 0 Å². The van der Waals surface area contributed by atoms with Gasteiger partial charge in [0.1, 0.15) is 11.5 Å². The second-order valence-electron chi connectivity index (χ2n) is 4.39. The summed E-state index contributed by atoms with van der Waals surface area (Å²) in [5.41, 5.74) is 2.04. The van der Waals surface area contributed by atoms with Crippen LogP contribution in [0.4, 0.5) is 0 Å². The zero-order valence-electron chi connectivity index (χ0n) is 10.5. The van der Waals surface area contributed by atoms with Crippen LogP contribution in [0.3, 0.4) is 0 Å². The van der Waals surface area contributed by atoms with Gasteiger partial charge in [0.25, 0.3) is 0 Å². The van der Waals surface area contributed by atoms with Crippen LogP contribution in [0, 0.1) is 4.51 Å². The highest BCUT2D eigenvalue weighted by molar-refractivity contribution is 9.10. The molecule has 0 N–H and O–H groups in total. The molecule has 0 radical (unpaired) electrons. The highest BCUT2D eigenvalue weighted by Gasteiger charge is 2.05. The Kier molecular flexibility index (Phi) is 3.81. The molecule has 0 bridgehead atoms. The molecule has 0 aliphatic rings. The van der Waals surface area contributed by atoms with Gasteiger partial charge >= 0.3 is 0 Å². The molecule has 1 aromatic heterocycles. The van der Waals surface area contributed by atoms with Gasteiger partial charge < -0.3 is 4.42 Å². The monoisotopic (exact) mass is 342 g/mol. The highest BCUT2D eigenvalue weighted by atomic mass is 79.9. The maximum absolute atomic E-state index is 5.99. The summed E-state index contributed by atoms with van der Waals surface area (Å²) in [5.74, 6) is 1.57. The Balaban J connectivity index is 2.12. The van der Waals surface area contributed by atoms with Crippen molar-refractivity contribution >= 4 is 28.1 Å². The molecule has 0 saturated heterocycles. The van der Waals surface area contributed by atoms with Gasteiger partial charge in [0.15, 0.2) is 0 Å². The molecule has 0 spiro atoms. The Bertz CT molecular complexity index is 776. The van der Waals surface area contributed by atoms with Crippen LogP contribution in [0.25, 0.3) is 22.6 Å². The SMILES string of the molecule is S=c1cc(-c2ccccc2)oc(-c2ccc(Br)cc2)c1. The number of benzene rings is 2. The van der Waals surface area contributed by atoms with Crippen LogP contribution in [0.5, 0.6) is 0 Å². The van der Waals surface area contributed by atoms with Crippen LogP contribution in [-0.2, 0) is 0 Å². The van der Waals surface area contributed by atoms with Crippen molar-refractivity contribution in [1.82, 2.24) is 0 Å². The minimum Gasteiger partial charge on any atom is -0.456 e. The maximum atomic E-state index is 5.99. The summed E-state index contributed by atoms with van der Waals surface area (Å²) in [6, 6.07) is 21.7. The van der Waals surface area contributed by atoms with Crippen LogP contribution >= 0.6 is 28.1 Å². The molecule has 2 aromatic carbocycles. The standard InChI is InChI=1S/C17H11BrOS/c18-14-8-6-13(7-9-14)17-11-15(20)10-16(19-17)12-4-2-1-3-5-12/h1-11H. The molecule has 98 valence electrons. The Morgan fingerprint density at radius 3 is 1.90 bits per heavy atom. The van der Waals surface area contributed by atoms with Crippen molar-refractivity contribution in [2.45, 2.75) is 0 Å². The molecule has 1 nitrogen and oxygen atoms in total. The van der Waals surface area contributed by atoms with Gasteiger partial charge in [-0.15, -0.1) is 0 Å². The molecule has 0 atom stereocenters. The lowest BCUT2D eigenvalue weighted by Crippen LogP contribution is -1.82. The average molecular weight is 343 g/mol. The minimum absolute atomic E-state index is 0.771. The third-order valence-corrected chi connectivity index (χ3v) is 3.72. The summed E-state index contributed by atoms with van der Waals surface area (Å²) in [6.45, 7) is 0. The predicted octanol–water partition coefficient (Wildman–Crippen LogP) is 6.11. The Hall–Kier alpha value is -1.71. The van der Waals surface area contributed by atoms with Gasteiger partial charge in [-0.25, -0.2) is 0 Å². The van der Waals surface area contributed by atoms with Crippen molar-refractivity contribution in [1.29, 1.82) is 0 Å². The van der Waals surface area contributed by atoms with Crippen LogP contribution in [0.15, 0.2) is 75.6 Å². The van der Waals surface area contributed by atoms with Crippen LogP contribution in [0.1, 0.15) is 0 Å². The van der Waals surface area contributed by atoms with E-state index in [1.54, 1.807) is 0 Å². The topological polar surface area (TPSA) is 13.1 Å². The van der Waals surface area contributed by atoms with Gasteiger partial charge in [-0.2, -0.15) is 0 Å². The fourth-order valence-electron chi connectivity index (χ4n) is 1.98. The Labute approximate surface area is 131 Å². The smallest absolute Gasteiger partial charge is 0.136 e. The highest BCUT2D eigenvalue weighted by Crippen LogP contribution is 2.27. The number of hydrogen-bond acceptors (Lipinski definition) is 2. The molecule has 0 aliphatic carbocycles. The van der Waals surface area contributed by atoms with Crippen molar-refractivity contribution in [3.05, 3.63) is 75.7 Å². The third kappa shape index (κ3) is 2.89. The van der Waals surface area contributed by atoms with Crippen molar-refractivity contribution in [3.63, 3.8) is 0 Å². The van der Waals surface area contributed by atoms with E-state index in [1.165, 1.54) is 0 Å². The first kappa shape index (κ1) is 13.3. The molecular weight excluding hydrogens is 332 g/mol. The van der Waals surface area contributed by atoms with Gasteiger partial charge in [-0.05, 0) is 24.3 Å². The first-order valence-electron chi connectivity index (χ1n) is 6.19.